The molecule has 1 aliphatic heterocycles. The molecule has 1 heterocycles. The molecule has 20 heavy (non-hydrogen) atoms. The summed E-state index contributed by atoms with van der Waals surface area (Å²) in [7, 11) is 0. The van der Waals surface area contributed by atoms with Crippen LogP contribution >= 0.6 is 22.6 Å². The van der Waals surface area contributed by atoms with Gasteiger partial charge in [0.2, 0.25) is 11.8 Å². The van der Waals surface area contributed by atoms with Crippen LogP contribution < -0.4 is 5.32 Å². The first-order chi connectivity index (χ1) is 9.49. The van der Waals surface area contributed by atoms with E-state index < -0.39 is 11.7 Å². The molecule has 106 valence electrons. The van der Waals surface area contributed by atoms with Crippen LogP contribution in [-0.2, 0) is 9.59 Å². The summed E-state index contributed by atoms with van der Waals surface area (Å²) in [4.78, 5) is 35.8. The Bertz CT molecular complexity index is 561. The topological polar surface area (TPSA) is 66.5 Å². The number of nitrogens with zero attached hydrogens (tertiary/aromatic N) is 1. The molecular weight excluding hydrogens is 378 g/mol. The number of benzene rings is 1. The minimum absolute atomic E-state index is 0.148. The summed E-state index contributed by atoms with van der Waals surface area (Å²) in [6.45, 7) is 0.304. The van der Waals surface area contributed by atoms with Crippen molar-refractivity contribution in [1.82, 2.24) is 10.2 Å². The van der Waals surface area contributed by atoms with Gasteiger partial charge in [0.1, 0.15) is 5.82 Å². The summed E-state index contributed by atoms with van der Waals surface area (Å²) < 4.78 is 13.7. The number of carbonyl (C=O) groups is 3. The molecule has 0 saturated carbocycles. The summed E-state index contributed by atoms with van der Waals surface area (Å²) in [5, 5.41) is 2.58. The monoisotopic (exact) mass is 390 g/mol. The highest BCUT2D eigenvalue weighted by molar-refractivity contribution is 14.1. The predicted molar refractivity (Wildman–Crippen MR) is 77.4 cm³/mol. The molecule has 0 atom stereocenters. The fraction of sp³-hybridized carbons (Fsp3) is 0.308. The van der Waals surface area contributed by atoms with E-state index >= 15 is 0 Å². The van der Waals surface area contributed by atoms with Crippen LogP contribution in [0.5, 0.6) is 0 Å². The molecule has 0 bridgehead atoms. The van der Waals surface area contributed by atoms with Gasteiger partial charge >= 0.3 is 0 Å². The Hall–Kier alpha value is -1.51. The summed E-state index contributed by atoms with van der Waals surface area (Å²) in [6, 6.07) is 3.95. The van der Waals surface area contributed by atoms with Crippen LogP contribution in [-0.4, -0.2) is 35.7 Å². The van der Waals surface area contributed by atoms with Gasteiger partial charge in [-0.25, -0.2) is 4.39 Å². The molecule has 7 heteroatoms. The number of amides is 3. The van der Waals surface area contributed by atoms with Crippen LogP contribution in [0.4, 0.5) is 4.39 Å². The van der Waals surface area contributed by atoms with E-state index in [0.29, 0.717) is 3.57 Å². The third-order valence-electron chi connectivity index (χ3n) is 2.95. The number of halogens is 2. The SMILES string of the molecule is O=C(NCCN1C(=O)CCC1=O)c1cc(F)ccc1I. The van der Waals surface area contributed by atoms with Crippen molar-refractivity contribution in [2.24, 2.45) is 0 Å². The van der Waals surface area contributed by atoms with Gasteiger partial charge in [-0.05, 0) is 40.8 Å². The molecule has 1 aromatic rings. The lowest BCUT2D eigenvalue weighted by atomic mass is 10.2. The molecule has 1 saturated heterocycles. The second-order valence-corrected chi connectivity index (χ2v) is 5.48. The van der Waals surface area contributed by atoms with Gasteiger partial charge in [-0.1, -0.05) is 0 Å². The maximum atomic E-state index is 13.1. The van der Waals surface area contributed by atoms with E-state index in [4.69, 9.17) is 0 Å². The van der Waals surface area contributed by atoms with Crippen molar-refractivity contribution in [1.29, 1.82) is 0 Å². The summed E-state index contributed by atoms with van der Waals surface area (Å²) in [5.74, 6) is -1.34. The van der Waals surface area contributed by atoms with Crippen LogP contribution in [0.15, 0.2) is 18.2 Å². The Kier molecular flexibility index (Phi) is 4.69. The Morgan fingerprint density at radius 1 is 1.30 bits per heavy atom. The summed E-state index contributed by atoms with van der Waals surface area (Å²) in [5.41, 5.74) is 0.240. The fourth-order valence-electron chi connectivity index (χ4n) is 1.92. The smallest absolute Gasteiger partial charge is 0.252 e. The van der Waals surface area contributed by atoms with E-state index in [-0.39, 0.29) is 43.3 Å². The number of likely N-dealkylation sites (tertiary alicyclic amines) is 1. The summed E-state index contributed by atoms with van der Waals surface area (Å²) >= 11 is 1.94. The molecule has 5 nitrogen and oxygen atoms in total. The fourth-order valence-corrected chi connectivity index (χ4v) is 2.50. The zero-order valence-electron chi connectivity index (χ0n) is 10.5. The third-order valence-corrected chi connectivity index (χ3v) is 3.89. The van der Waals surface area contributed by atoms with Crippen LogP contribution in [0.3, 0.4) is 0 Å². The highest BCUT2D eigenvalue weighted by atomic mass is 127. The Balaban J connectivity index is 1.91. The molecule has 0 spiro atoms. The van der Waals surface area contributed by atoms with E-state index in [1.54, 1.807) is 0 Å². The van der Waals surface area contributed by atoms with Gasteiger partial charge in [0.25, 0.3) is 5.91 Å². The lowest BCUT2D eigenvalue weighted by Gasteiger charge is -2.14. The molecule has 2 rings (SSSR count). The van der Waals surface area contributed by atoms with Gasteiger partial charge in [0.05, 0.1) is 5.56 Å². The van der Waals surface area contributed by atoms with Gasteiger partial charge < -0.3 is 5.32 Å². The average Bonchev–Trinajstić information content (AvgIpc) is 2.73. The van der Waals surface area contributed by atoms with Crippen molar-refractivity contribution in [3.63, 3.8) is 0 Å². The Morgan fingerprint density at radius 3 is 2.60 bits per heavy atom. The summed E-state index contributed by atoms with van der Waals surface area (Å²) in [6.07, 6.45) is 0.461. The van der Waals surface area contributed by atoms with E-state index in [1.807, 2.05) is 22.6 Å². The van der Waals surface area contributed by atoms with Crippen molar-refractivity contribution < 1.29 is 18.8 Å². The number of hydrogen-bond donors (Lipinski definition) is 1. The maximum absolute atomic E-state index is 13.1. The molecule has 0 unspecified atom stereocenters. The second-order valence-electron chi connectivity index (χ2n) is 4.32. The number of carbonyl (C=O) groups excluding carboxylic acids is 3. The van der Waals surface area contributed by atoms with Crippen LogP contribution in [0.1, 0.15) is 23.2 Å². The highest BCUT2D eigenvalue weighted by Crippen LogP contribution is 2.14. The molecule has 0 aliphatic carbocycles. The van der Waals surface area contributed by atoms with E-state index in [0.717, 1.165) is 11.0 Å². The minimum Gasteiger partial charge on any atom is -0.350 e. The van der Waals surface area contributed by atoms with Gasteiger partial charge in [-0.2, -0.15) is 0 Å². The quantitative estimate of drug-likeness (QED) is 0.623. The van der Waals surface area contributed by atoms with Gasteiger partial charge in [-0.3, -0.25) is 19.3 Å². The highest BCUT2D eigenvalue weighted by Gasteiger charge is 2.28. The van der Waals surface area contributed by atoms with Gasteiger partial charge in [-0.15, -0.1) is 0 Å². The molecule has 1 aliphatic rings. The number of rotatable bonds is 4. The molecule has 1 N–H and O–H groups in total. The second kappa shape index (κ2) is 6.29. The largest absolute Gasteiger partial charge is 0.350 e. The Morgan fingerprint density at radius 2 is 1.95 bits per heavy atom. The predicted octanol–water partition coefficient (Wildman–Crippen LogP) is 1.31. The van der Waals surface area contributed by atoms with Crippen molar-refractivity contribution in [2.75, 3.05) is 13.1 Å². The zero-order valence-corrected chi connectivity index (χ0v) is 12.6. The lowest BCUT2D eigenvalue weighted by molar-refractivity contribution is -0.138. The zero-order chi connectivity index (χ0) is 14.7. The van der Waals surface area contributed by atoms with E-state index in [2.05, 4.69) is 5.32 Å². The number of hydrogen-bond acceptors (Lipinski definition) is 3. The standard InChI is InChI=1S/C13H12FIN2O3/c14-8-1-2-10(15)9(7-8)13(20)16-5-6-17-11(18)3-4-12(17)19/h1-2,7H,3-6H2,(H,16,20). The molecule has 1 aromatic carbocycles. The average molecular weight is 390 g/mol. The Labute approximate surface area is 128 Å². The van der Waals surface area contributed by atoms with Crippen LogP contribution in [0.2, 0.25) is 0 Å². The van der Waals surface area contributed by atoms with Crippen molar-refractivity contribution in [2.45, 2.75) is 12.8 Å². The normalized spacial score (nSPS) is 14.8. The first kappa shape index (κ1) is 14.9. The number of imide groups is 1. The lowest BCUT2D eigenvalue weighted by Crippen LogP contribution is -2.37. The van der Waals surface area contributed by atoms with E-state index in [9.17, 15) is 18.8 Å². The van der Waals surface area contributed by atoms with Crippen LogP contribution in [0.25, 0.3) is 0 Å². The number of nitrogens with one attached hydrogen (secondary N) is 1. The first-order valence-electron chi connectivity index (χ1n) is 6.05. The van der Waals surface area contributed by atoms with Gasteiger partial charge in [0.15, 0.2) is 0 Å². The van der Waals surface area contributed by atoms with E-state index in [1.165, 1.54) is 12.1 Å². The van der Waals surface area contributed by atoms with Crippen molar-refractivity contribution >= 4 is 40.3 Å². The third kappa shape index (κ3) is 3.33. The molecule has 0 radical (unpaired) electrons. The van der Waals surface area contributed by atoms with Crippen molar-refractivity contribution in [3.8, 4) is 0 Å². The minimum atomic E-state index is -0.486. The van der Waals surface area contributed by atoms with Crippen molar-refractivity contribution in [3.05, 3.63) is 33.1 Å². The molecule has 3 amide bonds. The molecule has 0 aromatic heterocycles. The maximum Gasteiger partial charge on any atom is 0.252 e. The first-order valence-corrected chi connectivity index (χ1v) is 7.13. The van der Waals surface area contributed by atoms with Gasteiger partial charge in [0, 0.05) is 29.5 Å². The molecule has 1 fully saturated rings. The van der Waals surface area contributed by atoms with Crippen LogP contribution in [0, 0.1) is 9.39 Å². The molecular formula is C13H12FIN2O3.